The molecule has 0 aliphatic heterocycles. The molecule has 1 aromatic carbocycles. The quantitative estimate of drug-likeness (QED) is 0.616. The predicted molar refractivity (Wildman–Crippen MR) is 74.6 cm³/mol. The Morgan fingerprint density at radius 1 is 0.895 bits per heavy atom. The van der Waals surface area contributed by atoms with Crippen molar-refractivity contribution in [3.05, 3.63) is 22.3 Å². The Hall–Kier alpha value is -1.26. The summed E-state index contributed by atoms with van der Waals surface area (Å²) in [6.07, 6.45) is 1.17. The summed E-state index contributed by atoms with van der Waals surface area (Å²) < 4.78 is 0. The molecule has 1 atom stereocenters. The van der Waals surface area contributed by atoms with Crippen molar-refractivity contribution >= 4 is 0 Å². The maximum Gasteiger partial charge on any atom is 0.122 e. The van der Waals surface area contributed by atoms with E-state index in [-0.39, 0.29) is 18.1 Å². The molecule has 0 heterocycles. The Morgan fingerprint density at radius 2 is 1.42 bits per heavy atom. The van der Waals surface area contributed by atoms with Gasteiger partial charge in [0.15, 0.2) is 0 Å². The first-order chi connectivity index (χ1) is 8.71. The average molecular weight is 268 g/mol. The SMILES string of the molecule is Cc1c(C)c(O)c(CCC(C)(O)CCO)c(C)c1O. The second-order valence-electron chi connectivity index (χ2n) is 5.52. The second-order valence-corrected chi connectivity index (χ2v) is 5.52. The van der Waals surface area contributed by atoms with E-state index >= 15 is 0 Å². The molecule has 1 unspecified atom stereocenters. The Labute approximate surface area is 114 Å². The van der Waals surface area contributed by atoms with Gasteiger partial charge in [-0.1, -0.05) is 0 Å². The lowest BCUT2D eigenvalue weighted by atomic mass is 9.89. The molecule has 0 aliphatic rings. The first-order valence-electron chi connectivity index (χ1n) is 6.55. The van der Waals surface area contributed by atoms with Gasteiger partial charge < -0.3 is 20.4 Å². The highest BCUT2D eigenvalue weighted by Gasteiger charge is 2.22. The molecular formula is C15H24O4. The first kappa shape index (κ1) is 15.8. The molecule has 0 fully saturated rings. The van der Waals surface area contributed by atoms with E-state index in [9.17, 15) is 15.3 Å². The summed E-state index contributed by atoms with van der Waals surface area (Å²) in [5.41, 5.74) is 1.70. The lowest BCUT2D eigenvalue weighted by Crippen LogP contribution is -2.26. The number of phenols is 2. The smallest absolute Gasteiger partial charge is 0.122 e. The first-order valence-corrected chi connectivity index (χ1v) is 6.55. The molecule has 0 aromatic heterocycles. The van der Waals surface area contributed by atoms with Gasteiger partial charge in [0, 0.05) is 12.2 Å². The zero-order chi connectivity index (χ0) is 14.8. The third-order valence-corrected chi connectivity index (χ3v) is 3.93. The fourth-order valence-electron chi connectivity index (χ4n) is 2.25. The van der Waals surface area contributed by atoms with Gasteiger partial charge >= 0.3 is 0 Å². The van der Waals surface area contributed by atoms with Crippen molar-refractivity contribution < 1.29 is 20.4 Å². The van der Waals surface area contributed by atoms with Crippen molar-refractivity contribution in [1.82, 2.24) is 0 Å². The number of hydrogen-bond donors (Lipinski definition) is 4. The fourth-order valence-corrected chi connectivity index (χ4v) is 2.25. The van der Waals surface area contributed by atoms with Gasteiger partial charge in [-0.05, 0) is 63.6 Å². The van der Waals surface area contributed by atoms with Crippen LogP contribution in [0.2, 0.25) is 0 Å². The lowest BCUT2D eigenvalue weighted by molar-refractivity contribution is 0.0257. The van der Waals surface area contributed by atoms with Crippen molar-refractivity contribution in [3.63, 3.8) is 0 Å². The Kier molecular flexibility index (Phi) is 4.82. The molecule has 0 saturated carbocycles. The van der Waals surface area contributed by atoms with Gasteiger partial charge in [0.2, 0.25) is 0 Å². The van der Waals surface area contributed by atoms with Crippen molar-refractivity contribution in [2.75, 3.05) is 6.61 Å². The van der Waals surface area contributed by atoms with Gasteiger partial charge in [0.25, 0.3) is 0 Å². The van der Waals surface area contributed by atoms with E-state index < -0.39 is 5.60 Å². The summed E-state index contributed by atoms with van der Waals surface area (Å²) in [4.78, 5) is 0. The van der Waals surface area contributed by atoms with E-state index in [1.165, 1.54) is 0 Å². The highest BCUT2D eigenvalue weighted by Crippen LogP contribution is 2.37. The Bertz CT molecular complexity index is 435. The minimum Gasteiger partial charge on any atom is -0.507 e. The summed E-state index contributed by atoms with van der Waals surface area (Å²) in [5, 5.41) is 39.1. The molecular weight excluding hydrogens is 244 g/mol. The largest absolute Gasteiger partial charge is 0.507 e. The van der Waals surface area contributed by atoms with Crippen LogP contribution in [0.4, 0.5) is 0 Å². The van der Waals surface area contributed by atoms with Gasteiger partial charge in [-0.25, -0.2) is 0 Å². The summed E-state index contributed by atoms with van der Waals surface area (Å²) in [6.45, 7) is 6.88. The summed E-state index contributed by atoms with van der Waals surface area (Å²) >= 11 is 0. The third-order valence-electron chi connectivity index (χ3n) is 3.93. The number of benzene rings is 1. The molecule has 0 amide bonds. The number of phenolic OH excluding ortho intramolecular Hbond substituents is 2. The van der Waals surface area contributed by atoms with Crippen LogP contribution in [0.15, 0.2) is 0 Å². The van der Waals surface area contributed by atoms with Crippen molar-refractivity contribution in [3.8, 4) is 11.5 Å². The average Bonchev–Trinajstić information content (AvgIpc) is 2.34. The van der Waals surface area contributed by atoms with Crippen LogP contribution in [0, 0.1) is 20.8 Å². The minimum absolute atomic E-state index is 0.0733. The lowest BCUT2D eigenvalue weighted by Gasteiger charge is -2.23. The van der Waals surface area contributed by atoms with E-state index in [0.29, 0.717) is 41.5 Å². The zero-order valence-corrected chi connectivity index (χ0v) is 12.1. The minimum atomic E-state index is -0.970. The highest BCUT2D eigenvalue weighted by molar-refractivity contribution is 5.56. The van der Waals surface area contributed by atoms with E-state index in [1.54, 1.807) is 27.7 Å². The van der Waals surface area contributed by atoms with E-state index in [2.05, 4.69) is 0 Å². The summed E-state index contributed by atoms with van der Waals surface area (Å²) in [5.74, 6) is 0.389. The van der Waals surface area contributed by atoms with Gasteiger partial charge in [0.1, 0.15) is 11.5 Å². The number of aromatic hydroxyl groups is 2. The Balaban J connectivity index is 3.03. The van der Waals surface area contributed by atoms with Crippen LogP contribution in [0.3, 0.4) is 0 Å². The molecule has 4 nitrogen and oxygen atoms in total. The molecule has 4 heteroatoms. The van der Waals surface area contributed by atoms with Gasteiger partial charge in [-0.15, -0.1) is 0 Å². The monoisotopic (exact) mass is 268 g/mol. The van der Waals surface area contributed by atoms with Crippen LogP contribution < -0.4 is 0 Å². The highest BCUT2D eigenvalue weighted by atomic mass is 16.3. The number of aliphatic hydroxyl groups is 2. The molecule has 1 rings (SSSR count). The van der Waals surface area contributed by atoms with Crippen LogP contribution in [0.5, 0.6) is 11.5 Å². The molecule has 0 radical (unpaired) electrons. The molecule has 1 aromatic rings. The molecule has 19 heavy (non-hydrogen) atoms. The van der Waals surface area contributed by atoms with Crippen LogP contribution in [-0.4, -0.2) is 32.6 Å². The predicted octanol–water partition coefficient (Wildman–Crippen LogP) is 2.09. The number of rotatable bonds is 5. The number of hydrogen-bond acceptors (Lipinski definition) is 4. The maximum atomic E-state index is 10.2. The fraction of sp³-hybridized carbons (Fsp3) is 0.600. The number of aliphatic hydroxyl groups excluding tert-OH is 1. The van der Waals surface area contributed by atoms with E-state index in [0.717, 1.165) is 0 Å². The van der Waals surface area contributed by atoms with Gasteiger partial charge in [0.05, 0.1) is 5.60 Å². The normalized spacial score (nSPS) is 14.4. The van der Waals surface area contributed by atoms with E-state index in [1.807, 2.05) is 0 Å². The summed E-state index contributed by atoms with van der Waals surface area (Å²) in [7, 11) is 0. The van der Waals surface area contributed by atoms with Crippen molar-refractivity contribution in [1.29, 1.82) is 0 Å². The van der Waals surface area contributed by atoms with Crippen LogP contribution >= 0.6 is 0 Å². The standard InChI is InChI=1S/C15H24O4/c1-9-10(2)14(18)12(11(3)13(9)17)5-6-15(4,19)7-8-16/h16-19H,5-8H2,1-4H3. The van der Waals surface area contributed by atoms with Gasteiger partial charge in [-0.3, -0.25) is 0 Å². The molecule has 4 N–H and O–H groups in total. The van der Waals surface area contributed by atoms with Gasteiger partial charge in [-0.2, -0.15) is 0 Å². The second kappa shape index (κ2) is 5.80. The summed E-state index contributed by atoms with van der Waals surface area (Å²) in [6, 6.07) is 0. The Morgan fingerprint density at radius 3 is 1.95 bits per heavy atom. The molecule has 0 bridgehead atoms. The third kappa shape index (κ3) is 3.39. The topological polar surface area (TPSA) is 80.9 Å². The molecule has 0 spiro atoms. The van der Waals surface area contributed by atoms with Crippen LogP contribution in [0.1, 0.15) is 42.0 Å². The molecule has 0 aliphatic carbocycles. The maximum absolute atomic E-state index is 10.2. The van der Waals surface area contributed by atoms with Crippen LogP contribution in [0.25, 0.3) is 0 Å². The molecule has 0 saturated heterocycles. The van der Waals surface area contributed by atoms with E-state index in [4.69, 9.17) is 5.11 Å². The van der Waals surface area contributed by atoms with Crippen LogP contribution in [-0.2, 0) is 6.42 Å². The molecule has 108 valence electrons. The van der Waals surface area contributed by atoms with Crippen molar-refractivity contribution in [2.24, 2.45) is 0 Å². The van der Waals surface area contributed by atoms with Crippen molar-refractivity contribution in [2.45, 2.75) is 52.6 Å². The zero-order valence-electron chi connectivity index (χ0n) is 12.1.